The van der Waals surface area contributed by atoms with Crippen LogP contribution in [0.5, 0.6) is 0 Å². The third-order valence-electron chi connectivity index (χ3n) is 3.42. The fraction of sp³-hybridized carbons (Fsp3) is 0.600. The fourth-order valence-corrected chi connectivity index (χ4v) is 3.26. The molecule has 0 saturated carbocycles. The average molecular weight is 313 g/mol. The predicted octanol–water partition coefficient (Wildman–Crippen LogP) is 3.23. The minimum atomic E-state index is -0.832. The van der Waals surface area contributed by atoms with E-state index in [0.717, 1.165) is 34.8 Å². The highest BCUT2D eigenvalue weighted by molar-refractivity contribution is 7.16. The first-order chi connectivity index (χ1) is 9.92. The summed E-state index contributed by atoms with van der Waals surface area (Å²) in [5.74, 6) is -1.19. The first-order valence-corrected chi connectivity index (χ1v) is 7.89. The van der Waals surface area contributed by atoms with E-state index in [9.17, 15) is 9.59 Å². The highest BCUT2D eigenvalue weighted by atomic mass is 32.1. The number of carbonyl (C=O) groups is 2. The Balaban J connectivity index is 3.13. The van der Waals surface area contributed by atoms with Gasteiger partial charge in [-0.15, -0.1) is 11.3 Å². The van der Waals surface area contributed by atoms with Crippen molar-refractivity contribution in [1.82, 2.24) is 0 Å². The van der Waals surface area contributed by atoms with E-state index in [1.807, 2.05) is 18.7 Å². The van der Waals surface area contributed by atoms with E-state index in [1.165, 1.54) is 18.4 Å². The van der Waals surface area contributed by atoms with Gasteiger partial charge in [-0.25, -0.2) is 4.79 Å². The number of carbonyl (C=O) groups excluding carboxylic acids is 1. The van der Waals surface area contributed by atoms with Crippen LogP contribution in [-0.4, -0.2) is 37.2 Å². The molecule has 0 aliphatic carbocycles. The lowest BCUT2D eigenvalue weighted by Crippen LogP contribution is -2.28. The molecule has 5 nitrogen and oxygen atoms in total. The second-order valence-corrected chi connectivity index (χ2v) is 6.14. The molecule has 118 valence electrons. The Morgan fingerprint density at radius 1 is 1.29 bits per heavy atom. The van der Waals surface area contributed by atoms with Gasteiger partial charge in [-0.3, -0.25) is 4.79 Å². The molecule has 1 aromatic heterocycles. The van der Waals surface area contributed by atoms with Gasteiger partial charge in [-0.1, -0.05) is 13.3 Å². The first-order valence-electron chi connectivity index (χ1n) is 7.07. The summed E-state index contributed by atoms with van der Waals surface area (Å²) >= 11 is 1.53. The van der Waals surface area contributed by atoms with Crippen molar-refractivity contribution < 1.29 is 19.4 Å². The first kappa shape index (κ1) is 17.5. The minimum absolute atomic E-state index is 0.0559. The third kappa shape index (κ3) is 4.46. The lowest BCUT2D eigenvalue weighted by atomic mass is 10.1. The van der Waals surface area contributed by atoms with E-state index in [2.05, 4.69) is 6.92 Å². The Labute approximate surface area is 129 Å². The van der Waals surface area contributed by atoms with E-state index in [0.29, 0.717) is 12.1 Å². The SMILES string of the molecule is CCCCN(CCC(=O)O)c1sc(C)c(C)c1C(=O)OC. The lowest BCUT2D eigenvalue weighted by Gasteiger charge is -2.23. The fourth-order valence-electron chi connectivity index (χ4n) is 2.07. The number of anilines is 1. The van der Waals surface area contributed by atoms with E-state index < -0.39 is 5.97 Å². The molecule has 6 heteroatoms. The largest absolute Gasteiger partial charge is 0.481 e. The number of esters is 1. The number of thiophene rings is 1. The maximum Gasteiger partial charge on any atom is 0.341 e. The average Bonchev–Trinajstić information content (AvgIpc) is 2.74. The zero-order chi connectivity index (χ0) is 16.0. The molecule has 0 bridgehead atoms. The van der Waals surface area contributed by atoms with Crippen molar-refractivity contribution in [2.24, 2.45) is 0 Å². The molecule has 0 spiro atoms. The summed E-state index contributed by atoms with van der Waals surface area (Å²) in [6.07, 6.45) is 2.02. The number of aliphatic carboxylic acids is 1. The summed E-state index contributed by atoms with van der Waals surface area (Å²) in [6.45, 7) is 7.09. The molecule has 0 fully saturated rings. The van der Waals surface area contributed by atoms with Crippen LogP contribution >= 0.6 is 11.3 Å². The van der Waals surface area contributed by atoms with Gasteiger partial charge in [0.1, 0.15) is 5.00 Å². The number of carboxylic acids is 1. The van der Waals surface area contributed by atoms with Crippen molar-refractivity contribution in [3.63, 3.8) is 0 Å². The molecule has 0 aromatic carbocycles. The Bertz CT molecular complexity index is 510. The van der Waals surface area contributed by atoms with Gasteiger partial charge in [0.25, 0.3) is 0 Å². The molecule has 1 heterocycles. The molecule has 1 N–H and O–H groups in total. The van der Waals surface area contributed by atoms with Crippen LogP contribution < -0.4 is 4.90 Å². The molecule has 0 unspecified atom stereocenters. The van der Waals surface area contributed by atoms with Crippen LogP contribution in [0.25, 0.3) is 0 Å². The van der Waals surface area contributed by atoms with Crippen molar-refractivity contribution in [2.75, 3.05) is 25.1 Å². The molecule has 0 aliphatic heterocycles. The normalized spacial score (nSPS) is 10.5. The van der Waals surface area contributed by atoms with E-state index in [-0.39, 0.29) is 12.4 Å². The number of hydrogen-bond donors (Lipinski definition) is 1. The summed E-state index contributed by atoms with van der Waals surface area (Å²) in [5.41, 5.74) is 1.49. The Morgan fingerprint density at radius 2 is 1.95 bits per heavy atom. The highest BCUT2D eigenvalue weighted by Gasteiger charge is 2.24. The topological polar surface area (TPSA) is 66.8 Å². The molecule has 0 aliphatic rings. The standard InChI is InChI=1S/C15H23NO4S/c1-5-6-8-16(9-7-12(17)18)14-13(15(19)20-4)10(2)11(3)21-14/h5-9H2,1-4H3,(H,17,18). The molecular formula is C15H23NO4S. The second-order valence-electron chi connectivity index (χ2n) is 4.94. The monoisotopic (exact) mass is 313 g/mol. The van der Waals surface area contributed by atoms with Crippen LogP contribution in [0.15, 0.2) is 0 Å². The molecule has 1 aromatic rings. The van der Waals surface area contributed by atoms with Gasteiger partial charge in [0.15, 0.2) is 0 Å². The van der Waals surface area contributed by atoms with Crippen LogP contribution in [-0.2, 0) is 9.53 Å². The predicted molar refractivity (Wildman–Crippen MR) is 84.5 cm³/mol. The van der Waals surface area contributed by atoms with Gasteiger partial charge < -0.3 is 14.7 Å². The van der Waals surface area contributed by atoms with E-state index in [1.54, 1.807) is 0 Å². The van der Waals surface area contributed by atoms with Crippen LogP contribution in [0.4, 0.5) is 5.00 Å². The number of nitrogens with zero attached hydrogens (tertiary/aromatic N) is 1. The summed E-state index contributed by atoms with van der Waals surface area (Å²) in [5, 5.41) is 9.73. The highest BCUT2D eigenvalue weighted by Crippen LogP contribution is 2.36. The van der Waals surface area contributed by atoms with Gasteiger partial charge in [0, 0.05) is 18.0 Å². The Kier molecular flexibility index (Phi) is 6.68. The van der Waals surface area contributed by atoms with Crippen LogP contribution in [0.3, 0.4) is 0 Å². The quantitative estimate of drug-likeness (QED) is 0.746. The van der Waals surface area contributed by atoms with Gasteiger partial charge in [-0.2, -0.15) is 0 Å². The summed E-state index contributed by atoms with van der Waals surface area (Å²) in [4.78, 5) is 25.9. The molecule has 1 rings (SSSR count). The zero-order valence-electron chi connectivity index (χ0n) is 13.1. The Morgan fingerprint density at radius 3 is 2.48 bits per heavy atom. The smallest absolute Gasteiger partial charge is 0.341 e. The van der Waals surface area contributed by atoms with Gasteiger partial charge >= 0.3 is 11.9 Å². The molecule has 0 radical (unpaired) electrons. The van der Waals surface area contributed by atoms with Crippen molar-refractivity contribution in [3.8, 4) is 0 Å². The number of ether oxygens (including phenoxy) is 1. The molecule has 0 atom stereocenters. The van der Waals surface area contributed by atoms with Crippen LogP contribution in [0, 0.1) is 13.8 Å². The maximum atomic E-state index is 12.0. The van der Waals surface area contributed by atoms with Crippen molar-refractivity contribution in [1.29, 1.82) is 0 Å². The van der Waals surface area contributed by atoms with Gasteiger partial charge in [-0.05, 0) is 25.8 Å². The third-order valence-corrected chi connectivity index (χ3v) is 4.69. The van der Waals surface area contributed by atoms with Crippen LogP contribution in [0.1, 0.15) is 47.0 Å². The Hall–Kier alpha value is -1.56. The van der Waals surface area contributed by atoms with Gasteiger partial charge in [0.2, 0.25) is 0 Å². The molecule has 21 heavy (non-hydrogen) atoms. The summed E-state index contributed by atoms with van der Waals surface area (Å²) in [7, 11) is 1.37. The maximum absolute atomic E-state index is 12.0. The van der Waals surface area contributed by atoms with Gasteiger partial charge in [0.05, 0.1) is 19.1 Å². The van der Waals surface area contributed by atoms with Crippen molar-refractivity contribution in [2.45, 2.75) is 40.0 Å². The second kappa shape index (κ2) is 8.02. The number of methoxy groups -OCH3 is 1. The number of aryl methyl sites for hydroxylation is 1. The van der Waals surface area contributed by atoms with Crippen LogP contribution in [0.2, 0.25) is 0 Å². The molecule has 0 saturated heterocycles. The van der Waals surface area contributed by atoms with E-state index in [4.69, 9.17) is 9.84 Å². The van der Waals surface area contributed by atoms with Crippen molar-refractivity contribution in [3.05, 3.63) is 16.0 Å². The van der Waals surface area contributed by atoms with Crippen molar-refractivity contribution >= 4 is 28.3 Å². The lowest BCUT2D eigenvalue weighted by molar-refractivity contribution is -0.136. The number of hydrogen-bond acceptors (Lipinski definition) is 5. The molecular weight excluding hydrogens is 290 g/mol. The summed E-state index contributed by atoms with van der Waals surface area (Å²) < 4.78 is 4.88. The zero-order valence-corrected chi connectivity index (χ0v) is 13.9. The van der Waals surface area contributed by atoms with E-state index >= 15 is 0 Å². The number of rotatable bonds is 8. The molecule has 0 amide bonds. The minimum Gasteiger partial charge on any atom is -0.481 e. The number of unbranched alkanes of at least 4 members (excludes halogenated alkanes) is 1. The summed E-state index contributed by atoms with van der Waals surface area (Å²) in [6, 6.07) is 0. The number of carboxylic acid groups (broad SMARTS) is 1.